The van der Waals surface area contributed by atoms with Crippen LogP contribution in [0.25, 0.3) is 5.69 Å². The Hall–Kier alpha value is -3.72. The Balaban J connectivity index is 2.11. The van der Waals surface area contributed by atoms with Crippen molar-refractivity contribution >= 4 is 29.2 Å². The van der Waals surface area contributed by atoms with Gasteiger partial charge in [-0.15, -0.1) is 0 Å². The molecule has 2 N–H and O–H groups in total. The number of H-pyrrole nitrogens is 1. The maximum atomic E-state index is 12.2. The smallest absolute Gasteiger partial charge is 0.335 e. The number of nitro groups is 1. The number of aromatic amines is 1. The number of nitrogens with one attached hydrogen (secondary N) is 1. The third kappa shape index (κ3) is 3.69. The van der Waals surface area contributed by atoms with Crippen molar-refractivity contribution in [2.75, 3.05) is 0 Å². The van der Waals surface area contributed by atoms with E-state index in [1.807, 2.05) is 13.0 Å². The second-order valence-electron chi connectivity index (χ2n) is 5.82. The first-order valence-corrected chi connectivity index (χ1v) is 8.29. The Morgan fingerprint density at radius 1 is 1.25 bits per heavy atom. The number of halogens is 1. The van der Waals surface area contributed by atoms with Gasteiger partial charge in [-0.25, -0.2) is 9.36 Å². The van der Waals surface area contributed by atoms with E-state index in [4.69, 9.17) is 11.6 Å². The molecule has 0 fully saturated rings. The van der Waals surface area contributed by atoms with Gasteiger partial charge in [-0.1, -0.05) is 23.7 Å². The van der Waals surface area contributed by atoms with E-state index in [-0.39, 0.29) is 22.0 Å². The van der Waals surface area contributed by atoms with Crippen molar-refractivity contribution in [1.29, 1.82) is 0 Å². The molecule has 0 aliphatic carbocycles. The van der Waals surface area contributed by atoms with Crippen molar-refractivity contribution in [3.05, 3.63) is 89.6 Å². The summed E-state index contributed by atoms with van der Waals surface area (Å²) >= 11 is 5.75. The average Bonchev–Trinajstić information content (AvgIpc) is 2.62. The third-order valence-electron chi connectivity index (χ3n) is 3.85. The lowest BCUT2D eigenvalue weighted by molar-refractivity contribution is -0.384. The van der Waals surface area contributed by atoms with Gasteiger partial charge in [-0.05, 0) is 36.8 Å². The number of nitro benzene ring substituents is 1. The van der Waals surface area contributed by atoms with Gasteiger partial charge < -0.3 is 5.11 Å². The molecule has 0 saturated heterocycles. The van der Waals surface area contributed by atoms with E-state index in [0.717, 1.165) is 22.4 Å². The van der Waals surface area contributed by atoms with Crippen LogP contribution in [-0.2, 0) is 0 Å². The third-order valence-corrected chi connectivity index (χ3v) is 4.17. The Morgan fingerprint density at radius 3 is 2.68 bits per heavy atom. The molecule has 0 bridgehead atoms. The van der Waals surface area contributed by atoms with Gasteiger partial charge in [0.1, 0.15) is 10.6 Å². The molecule has 28 heavy (non-hydrogen) atoms. The molecule has 9 nitrogen and oxygen atoms in total. The van der Waals surface area contributed by atoms with Crippen LogP contribution in [0.4, 0.5) is 11.4 Å². The zero-order chi connectivity index (χ0) is 20.4. The minimum Gasteiger partial charge on any atom is -0.493 e. The average molecular weight is 401 g/mol. The quantitative estimate of drug-likeness (QED) is 0.395. The SMILES string of the molecule is Cc1cccc(-n2c(O)c(C=Nc3ccc(Cl)c([N+](=O)[O-])c3)c(=O)[nH]c2=O)c1. The monoisotopic (exact) mass is 400 g/mol. The summed E-state index contributed by atoms with van der Waals surface area (Å²) in [4.78, 5) is 40.7. The first kappa shape index (κ1) is 19.1. The number of nitrogens with zero attached hydrogens (tertiary/aromatic N) is 3. The van der Waals surface area contributed by atoms with E-state index in [9.17, 15) is 24.8 Å². The first-order valence-electron chi connectivity index (χ1n) is 7.91. The highest BCUT2D eigenvalue weighted by Gasteiger charge is 2.15. The van der Waals surface area contributed by atoms with E-state index < -0.39 is 22.1 Å². The zero-order valence-corrected chi connectivity index (χ0v) is 15.2. The van der Waals surface area contributed by atoms with Crippen LogP contribution in [0.1, 0.15) is 11.1 Å². The van der Waals surface area contributed by atoms with Gasteiger partial charge in [-0.2, -0.15) is 0 Å². The molecule has 1 aromatic heterocycles. The number of hydrogen-bond acceptors (Lipinski definition) is 6. The van der Waals surface area contributed by atoms with Crippen LogP contribution < -0.4 is 11.2 Å². The second kappa shape index (κ2) is 7.49. The van der Waals surface area contributed by atoms with Gasteiger partial charge in [-0.3, -0.25) is 24.9 Å². The van der Waals surface area contributed by atoms with Crippen molar-refractivity contribution in [2.45, 2.75) is 6.92 Å². The van der Waals surface area contributed by atoms with Crippen molar-refractivity contribution < 1.29 is 10.0 Å². The highest BCUT2D eigenvalue weighted by Crippen LogP contribution is 2.28. The lowest BCUT2D eigenvalue weighted by Gasteiger charge is -2.10. The lowest BCUT2D eigenvalue weighted by Crippen LogP contribution is -2.31. The molecule has 3 aromatic rings. The summed E-state index contributed by atoms with van der Waals surface area (Å²) in [7, 11) is 0. The van der Waals surface area contributed by atoms with Gasteiger partial charge in [0.2, 0.25) is 5.88 Å². The standard InChI is InChI=1S/C18H13ClN4O5/c1-10-3-2-4-12(7-10)22-17(25)13(16(24)21-18(22)26)9-20-11-5-6-14(19)15(8-11)23(27)28/h2-9,25H,1H3,(H,21,24,26). The van der Waals surface area contributed by atoms with E-state index in [1.54, 1.807) is 18.2 Å². The van der Waals surface area contributed by atoms with E-state index >= 15 is 0 Å². The number of aromatic nitrogens is 2. The Labute approximate surface area is 162 Å². The summed E-state index contributed by atoms with van der Waals surface area (Å²) in [5, 5.41) is 21.4. The molecule has 142 valence electrons. The number of aryl methyl sites for hydroxylation is 1. The highest BCUT2D eigenvalue weighted by atomic mass is 35.5. The van der Waals surface area contributed by atoms with Crippen LogP contribution in [0, 0.1) is 17.0 Å². The molecule has 0 unspecified atom stereocenters. The number of aromatic hydroxyl groups is 1. The predicted octanol–water partition coefficient (Wildman–Crippen LogP) is 2.85. The molecule has 0 saturated carbocycles. The van der Waals surface area contributed by atoms with Crippen molar-refractivity contribution in [1.82, 2.24) is 9.55 Å². The summed E-state index contributed by atoms with van der Waals surface area (Å²) in [6.07, 6.45) is 1.02. The van der Waals surface area contributed by atoms with E-state index in [2.05, 4.69) is 9.98 Å². The Kier molecular flexibility index (Phi) is 5.10. The maximum Gasteiger partial charge on any atom is 0.335 e. The number of aliphatic imine (C=N–C) groups is 1. The molecule has 0 spiro atoms. The fraction of sp³-hybridized carbons (Fsp3) is 0.0556. The van der Waals surface area contributed by atoms with Crippen molar-refractivity contribution in [3.63, 3.8) is 0 Å². The predicted molar refractivity (Wildman–Crippen MR) is 104 cm³/mol. The van der Waals surface area contributed by atoms with Gasteiger partial charge in [0.25, 0.3) is 11.2 Å². The van der Waals surface area contributed by atoms with Crippen LogP contribution in [0.3, 0.4) is 0 Å². The van der Waals surface area contributed by atoms with E-state index in [1.165, 1.54) is 12.1 Å². The molecule has 0 radical (unpaired) electrons. The second-order valence-corrected chi connectivity index (χ2v) is 6.23. The molecule has 10 heteroatoms. The number of benzene rings is 2. The fourth-order valence-corrected chi connectivity index (χ4v) is 2.71. The summed E-state index contributed by atoms with van der Waals surface area (Å²) in [5.74, 6) is -0.605. The van der Waals surface area contributed by atoms with Crippen LogP contribution in [0.5, 0.6) is 5.88 Å². The van der Waals surface area contributed by atoms with Crippen LogP contribution in [0.2, 0.25) is 5.02 Å². The minimum atomic E-state index is -0.849. The Bertz CT molecular complexity index is 1230. The van der Waals surface area contributed by atoms with Crippen LogP contribution in [0.15, 0.2) is 57.0 Å². The van der Waals surface area contributed by atoms with Gasteiger partial charge >= 0.3 is 5.69 Å². The largest absolute Gasteiger partial charge is 0.493 e. The zero-order valence-electron chi connectivity index (χ0n) is 14.4. The minimum absolute atomic E-state index is 0.0577. The number of hydrogen-bond donors (Lipinski definition) is 2. The van der Waals surface area contributed by atoms with Crippen LogP contribution in [-0.4, -0.2) is 25.8 Å². The molecular formula is C18H13ClN4O5. The molecule has 0 aliphatic heterocycles. The normalized spacial score (nSPS) is 11.1. The van der Waals surface area contributed by atoms with Gasteiger partial charge in [0.15, 0.2) is 0 Å². The van der Waals surface area contributed by atoms with Gasteiger partial charge in [0.05, 0.1) is 16.3 Å². The molecular weight excluding hydrogens is 388 g/mol. The van der Waals surface area contributed by atoms with Crippen molar-refractivity contribution in [2.24, 2.45) is 4.99 Å². The lowest BCUT2D eigenvalue weighted by atomic mass is 10.2. The molecule has 0 aliphatic rings. The highest BCUT2D eigenvalue weighted by molar-refractivity contribution is 6.32. The summed E-state index contributed by atoms with van der Waals surface area (Å²) in [6.45, 7) is 1.81. The topological polar surface area (TPSA) is 131 Å². The first-order chi connectivity index (χ1) is 13.3. The molecule has 0 amide bonds. The molecule has 3 rings (SSSR count). The number of rotatable bonds is 4. The summed E-state index contributed by atoms with van der Waals surface area (Å²) < 4.78 is 0.931. The van der Waals surface area contributed by atoms with Crippen LogP contribution >= 0.6 is 11.6 Å². The molecule has 0 atom stereocenters. The maximum absolute atomic E-state index is 12.2. The molecule has 2 aromatic carbocycles. The van der Waals surface area contributed by atoms with E-state index in [0.29, 0.717) is 5.69 Å². The van der Waals surface area contributed by atoms with Crippen molar-refractivity contribution in [3.8, 4) is 11.6 Å². The molecule has 1 heterocycles. The summed E-state index contributed by atoms with van der Waals surface area (Å²) in [5.41, 5.74) is -0.943. The fourth-order valence-electron chi connectivity index (χ4n) is 2.52. The van der Waals surface area contributed by atoms with Gasteiger partial charge in [0, 0.05) is 12.3 Å². The summed E-state index contributed by atoms with van der Waals surface area (Å²) in [6, 6.07) is 10.6. The Morgan fingerprint density at radius 2 is 2.00 bits per heavy atom.